The molecule has 0 fully saturated rings. The van der Waals surface area contributed by atoms with Gasteiger partial charge in [-0.25, -0.2) is 0 Å². The fraction of sp³-hybridized carbons (Fsp3) is 0.316. The van der Waals surface area contributed by atoms with E-state index in [0.29, 0.717) is 13.2 Å². The number of carbonyl (C=O) groups excluding carboxylic acids is 1. The molecule has 0 radical (unpaired) electrons. The lowest BCUT2D eigenvalue weighted by Gasteiger charge is -2.27. The summed E-state index contributed by atoms with van der Waals surface area (Å²) in [5.74, 6) is -0.0780. The van der Waals surface area contributed by atoms with Crippen LogP contribution < -0.4 is 10.6 Å². The Kier molecular flexibility index (Phi) is 7.25. The van der Waals surface area contributed by atoms with E-state index in [1.54, 1.807) is 0 Å². The van der Waals surface area contributed by atoms with E-state index in [0.717, 1.165) is 18.5 Å². The zero-order valence-corrected chi connectivity index (χ0v) is 14.4. The zero-order valence-electron chi connectivity index (χ0n) is 13.5. The van der Waals surface area contributed by atoms with Crippen molar-refractivity contribution in [2.24, 2.45) is 0 Å². The molecular formula is C19H23ClN2O2. The molecule has 0 aromatic heterocycles. The molecule has 0 bridgehead atoms. The monoisotopic (exact) mass is 346 g/mol. The number of benzene rings is 2. The van der Waals surface area contributed by atoms with Gasteiger partial charge in [0, 0.05) is 12.6 Å². The van der Waals surface area contributed by atoms with Crippen LogP contribution in [0.2, 0.25) is 0 Å². The minimum absolute atomic E-state index is 0. The average molecular weight is 347 g/mol. The zero-order chi connectivity index (χ0) is 15.9. The third-order valence-electron chi connectivity index (χ3n) is 4.06. The summed E-state index contributed by atoms with van der Waals surface area (Å²) in [4.78, 5) is 11.9. The molecule has 1 atom stereocenters. The Labute approximate surface area is 149 Å². The maximum Gasteiger partial charge on any atom is 0.246 e. The molecule has 1 unspecified atom stereocenters. The largest absolute Gasteiger partial charge is 0.367 e. The van der Waals surface area contributed by atoms with Gasteiger partial charge < -0.3 is 15.4 Å². The molecule has 1 amide bonds. The number of rotatable bonds is 6. The second kappa shape index (κ2) is 9.42. The van der Waals surface area contributed by atoms with Crippen LogP contribution in [0.3, 0.4) is 0 Å². The van der Waals surface area contributed by atoms with Crippen molar-refractivity contribution < 1.29 is 9.53 Å². The highest BCUT2D eigenvalue weighted by Gasteiger charge is 2.19. The summed E-state index contributed by atoms with van der Waals surface area (Å²) >= 11 is 0. The van der Waals surface area contributed by atoms with Gasteiger partial charge in [-0.2, -0.15) is 0 Å². The molecular weight excluding hydrogens is 324 g/mol. The number of nitrogens with one attached hydrogen (secondary N) is 2. The fourth-order valence-electron chi connectivity index (χ4n) is 2.88. The van der Waals surface area contributed by atoms with Crippen LogP contribution in [-0.4, -0.2) is 25.6 Å². The Hall–Kier alpha value is -1.88. The molecule has 2 aromatic carbocycles. The molecule has 1 heterocycles. The molecule has 0 saturated heterocycles. The van der Waals surface area contributed by atoms with Gasteiger partial charge in [-0.05, 0) is 29.7 Å². The predicted molar refractivity (Wildman–Crippen MR) is 97.2 cm³/mol. The first-order chi connectivity index (χ1) is 11.3. The van der Waals surface area contributed by atoms with Gasteiger partial charge in [0.15, 0.2) is 0 Å². The van der Waals surface area contributed by atoms with Crippen LogP contribution in [0.15, 0.2) is 54.6 Å². The van der Waals surface area contributed by atoms with Gasteiger partial charge in [-0.1, -0.05) is 54.6 Å². The van der Waals surface area contributed by atoms with Crippen LogP contribution in [0.1, 0.15) is 22.7 Å². The maximum absolute atomic E-state index is 11.9. The van der Waals surface area contributed by atoms with Gasteiger partial charge in [0.2, 0.25) is 5.91 Å². The molecule has 1 aliphatic heterocycles. The van der Waals surface area contributed by atoms with Gasteiger partial charge in [-0.3, -0.25) is 4.79 Å². The highest BCUT2D eigenvalue weighted by molar-refractivity contribution is 5.85. The lowest BCUT2D eigenvalue weighted by atomic mass is 9.94. The number of amides is 1. The lowest BCUT2D eigenvalue weighted by molar-refractivity contribution is -0.126. The topological polar surface area (TPSA) is 50.4 Å². The van der Waals surface area contributed by atoms with E-state index in [1.807, 2.05) is 36.4 Å². The second-order valence-electron chi connectivity index (χ2n) is 5.74. The molecule has 2 N–H and O–H groups in total. The number of ether oxygens (including phenoxy) is 1. The molecule has 128 valence electrons. The summed E-state index contributed by atoms with van der Waals surface area (Å²) in [6, 6.07) is 18.4. The molecule has 0 spiro atoms. The van der Waals surface area contributed by atoms with Gasteiger partial charge >= 0.3 is 0 Å². The highest BCUT2D eigenvalue weighted by atomic mass is 35.5. The van der Waals surface area contributed by atoms with Crippen LogP contribution in [0.25, 0.3) is 0 Å². The summed E-state index contributed by atoms with van der Waals surface area (Å²) < 4.78 is 5.46. The van der Waals surface area contributed by atoms with Crippen LogP contribution in [0, 0.1) is 0 Å². The molecule has 4 nitrogen and oxygen atoms in total. The van der Waals surface area contributed by atoms with Crippen molar-refractivity contribution in [3.05, 3.63) is 71.3 Å². The predicted octanol–water partition coefficient (Wildman–Crippen LogP) is 2.63. The number of hydrogen-bond acceptors (Lipinski definition) is 3. The van der Waals surface area contributed by atoms with Crippen molar-refractivity contribution in [2.45, 2.75) is 19.1 Å². The summed E-state index contributed by atoms with van der Waals surface area (Å²) in [6.45, 7) is 2.08. The lowest BCUT2D eigenvalue weighted by Crippen LogP contribution is -2.39. The SMILES string of the molecule is Cl.O=C(COCc1ccccc1)NCC1NCCc2ccccc21. The Morgan fingerprint density at radius 2 is 1.88 bits per heavy atom. The molecule has 2 aromatic rings. The van der Waals surface area contributed by atoms with E-state index in [-0.39, 0.29) is 31.0 Å². The van der Waals surface area contributed by atoms with Crippen molar-refractivity contribution in [2.75, 3.05) is 19.7 Å². The number of fused-ring (bicyclic) bond motifs is 1. The Bertz CT molecular complexity index is 649. The Balaban J connectivity index is 0.00000208. The summed E-state index contributed by atoms with van der Waals surface area (Å²) in [6.07, 6.45) is 1.04. The van der Waals surface area contributed by atoms with Crippen LogP contribution >= 0.6 is 12.4 Å². The third-order valence-corrected chi connectivity index (χ3v) is 4.06. The van der Waals surface area contributed by atoms with Crippen molar-refractivity contribution >= 4 is 18.3 Å². The molecule has 0 aliphatic carbocycles. The van der Waals surface area contributed by atoms with Crippen molar-refractivity contribution in [3.63, 3.8) is 0 Å². The van der Waals surface area contributed by atoms with E-state index < -0.39 is 0 Å². The first kappa shape index (κ1) is 18.5. The van der Waals surface area contributed by atoms with Crippen molar-refractivity contribution in [3.8, 4) is 0 Å². The first-order valence-corrected chi connectivity index (χ1v) is 8.02. The standard InChI is InChI=1S/C19H22N2O2.ClH/c22-19(14-23-13-15-6-2-1-3-7-15)21-12-18-17-9-5-4-8-16(17)10-11-20-18;/h1-9,18,20H,10-14H2,(H,21,22);1H. The number of carbonyl (C=O) groups is 1. The van der Waals surface area contributed by atoms with Crippen LogP contribution in [0.4, 0.5) is 0 Å². The van der Waals surface area contributed by atoms with Gasteiger partial charge in [-0.15, -0.1) is 12.4 Å². The number of hydrogen-bond donors (Lipinski definition) is 2. The Morgan fingerprint density at radius 3 is 2.71 bits per heavy atom. The molecule has 5 heteroatoms. The molecule has 24 heavy (non-hydrogen) atoms. The summed E-state index contributed by atoms with van der Waals surface area (Å²) in [7, 11) is 0. The quantitative estimate of drug-likeness (QED) is 0.845. The molecule has 3 rings (SSSR count). The van der Waals surface area contributed by atoms with Gasteiger partial charge in [0.05, 0.1) is 6.61 Å². The first-order valence-electron chi connectivity index (χ1n) is 8.02. The highest BCUT2D eigenvalue weighted by Crippen LogP contribution is 2.21. The fourth-order valence-corrected chi connectivity index (χ4v) is 2.88. The van der Waals surface area contributed by atoms with E-state index in [1.165, 1.54) is 11.1 Å². The van der Waals surface area contributed by atoms with Crippen LogP contribution in [-0.2, 0) is 22.6 Å². The van der Waals surface area contributed by atoms with Gasteiger partial charge in [0.1, 0.15) is 6.61 Å². The normalized spacial score (nSPS) is 15.9. The average Bonchev–Trinajstić information content (AvgIpc) is 2.61. The third kappa shape index (κ3) is 5.06. The summed E-state index contributed by atoms with van der Waals surface area (Å²) in [5.41, 5.74) is 3.72. The van der Waals surface area contributed by atoms with Crippen LogP contribution in [0.5, 0.6) is 0 Å². The number of halogens is 1. The second-order valence-corrected chi connectivity index (χ2v) is 5.74. The minimum Gasteiger partial charge on any atom is -0.367 e. The van der Waals surface area contributed by atoms with E-state index in [4.69, 9.17) is 4.74 Å². The minimum atomic E-state index is -0.0780. The maximum atomic E-state index is 11.9. The van der Waals surface area contributed by atoms with Crippen molar-refractivity contribution in [1.29, 1.82) is 0 Å². The molecule has 1 aliphatic rings. The summed E-state index contributed by atoms with van der Waals surface area (Å²) in [5, 5.41) is 6.41. The van der Waals surface area contributed by atoms with Gasteiger partial charge in [0.25, 0.3) is 0 Å². The van der Waals surface area contributed by atoms with E-state index >= 15 is 0 Å². The smallest absolute Gasteiger partial charge is 0.246 e. The molecule has 0 saturated carbocycles. The Morgan fingerprint density at radius 1 is 1.12 bits per heavy atom. The van der Waals surface area contributed by atoms with Crippen molar-refractivity contribution in [1.82, 2.24) is 10.6 Å². The van der Waals surface area contributed by atoms with E-state index in [2.05, 4.69) is 28.8 Å². The van der Waals surface area contributed by atoms with E-state index in [9.17, 15) is 4.79 Å².